The molecule has 5 nitrogen and oxygen atoms in total. The molecule has 3 rings (SSSR count). The van der Waals surface area contributed by atoms with Crippen molar-refractivity contribution in [1.82, 2.24) is 4.98 Å². The average molecular weight is 355 g/mol. The van der Waals surface area contributed by atoms with Crippen molar-refractivity contribution in [3.63, 3.8) is 0 Å². The zero-order valence-electron chi connectivity index (χ0n) is 16.5. The highest BCUT2D eigenvalue weighted by molar-refractivity contribution is 5.68. The second kappa shape index (κ2) is 7.77. The van der Waals surface area contributed by atoms with E-state index >= 15 is 0 Å². The normalized spacial score (nSPS) is 14.4. The number of anilines is 3. The number of fused-ring (bicyclic) bond motifs is 1. The van der Waals surface area contributed by atoms with Gasteiger partial charge in [0.15, 0.2) is 0 Å². The Morgan fingerprint density at radius 2 is 1.88 bits per heavy atom. The molecule has 1 aromatic heterocycles. The number of carbonyl (C=O) groups is 1. The molecule has 0 atom stereocenters. The number of nitrogens with zero attached hydrogens (tertiary/aromatic N) is 2. The molecule has 0 amide bonds. The van der Waals surface area contributed by atoms with Crippen molar-refractivity contribution < 1.29 is 9.53 Å². The summed E-state index contributed by atoms with van der Waals surface area (Å²) >= 11 is 0. The number of hydrogen-bond acceptors (Lipinski definition) is 5. The fourth-order valence-corrected chi connectivity index (χ4v) is 2.65. The van der Waals surface area contributed by atoms with Gasteiger partial charge in [0.1, 0.15) is 11.4 Å². The first-order valence-corrected chi connectivity index (χ1v) is 8.79. The molecule has 2 heterocycles. The number of aromatic nitrogens is 1. The van der Waals surface area contributed by atoms with Gasteiger partial charge in [0.25, 0.3) is 6.47 Å². The van der Waals surface area contributed by atoms with Gasteiger partial charge in [0, 0.05) is 48.2 Å². The first kappa shape index (κ1) is 19.8. The van der Waals surface area contributed by atoms with Crippen LogP contribution in [0, 0.1) is 0 Å². The Morgan fingerprint density at radius 3 is 2.42 bits per heavy atom. The maximum Gasteiger partial charge on any atom is 0.293 e. The van der Waals surface area contributed by atoms with Gasteiger partial charge in [-0.15, -0.1) is 0 Å². The maximum atomic E-state index is 9.60. The van der Waals surface area contributed by atoms with Crippen LogP contribution in [0.3, 0.4) is 0 Å². The molecule has 0 saturated heterocycles. The summed E-state index contributed by atoms with van der Waals surface area (Å²) in [6.07, 6.45) is 2.00. The number of benzene rings is 1. The standard InChI is InChI=1S/C16H19N3.C5H10O2/c1-16(2)11-18-14-9-15(17-10-13(14)16)19(3)12-7-5-4-6-8-12;1-5(2,3)7-4-6/h4-10,18H,11H2,1-3H3;4H,1-3H3. The Balaban J connectivity index is 0.000000298. The van der Waals surface area contributed by atoms with Crippen molar-refractivity contribution >= 4 is 23.7 Å². The minimum absolute atomic E-state index is 0.173. The van der Waals surface area contributed by atoms with Crippen LogP contribution in [0.2, 0.25) is 0 Å². The summed E-state index contributed by atoms with van der Waals surface area (Å²) in [6, 6.07) is 12.4. The molecular formula is C21H29N3O2. The van der Waals surface area contributed by atoms with Crippen LogP contribution in [-0.4, -0.2) is 30.6 Å². The molecule has 0 unspecified atom stereocenters. The lowest BCUT2D eigenvalue weighted by atomic mass is 9.88. The second-order valence-electron chi connectivity index (χ2n) is 8.05. The third-order valence-corrected chi connectivity index (χ3v) is 4.23. The van der Waals surface area contributed by atoms with Gasteiger partial charge in [0.2, 0.25) is 0 Å². The predicted octanol–water partition coefficient (Wildman–Crippen LogP) is 4.51. The van der Waals surface area contributed by atoms with Gasteiger partial charge in [-0.2, -0.15) is 0 Å². The summed E-state index contributed by atoms with van der Waals surface area (Å²) in [5, 5.41) is 3.47. The van der Waals surface area contributed by atoms with E-state index < -0.39 is 0 Å². The number of ether oxygens (including phenoxy) is 1. The first-order chi connectivity index (χ1) is 12.1. The maximum absolute atomic E-state index is 9.60. The van der Waals surface area contributed by atoms with E-state index in [4.69, 9.17) is 0 Å². The molecule has 0 radical (unpaired) electrons. The van der Waals surface area contributed by atoms with E-state index in [-0.39, 0.29) is 11.0 Å². The summed E-state index contributed by atoms with van der Waals surface area (Å²) in [5.74, 6) is 0.968. The van der Waals surface area contributed by atoms with Crippen molar-refractivity contribution in [2.24, 2.45) is 0 Å². The summed E-state index contributed by atoms with van der Waals surface area (Å²) in [5.41, 5.74) is 3.51. The Kier molecular flexibility index (Phi) is 5.90. The highest BCUT2D eigenvalue weighted by Gasteiger charge is 2.30. The zero-order valence-corrected chi connectivity index (χ0v) is 16.5. The number of pyridine rings is 1. The van der Waals surface area contributed by atoms with Crippen LogP contribution in [0.25, 0.3) is 0 Å². The summed E-state index contributed by atoms with van der Waals surface area (Å²) in [6.45, 7) is 11.4. The Labute approximate surface area is 156 Å². The van der Waals surface area contributed by atoms with Crippen molar-refractivity contribution in [3.8, 4) is 0 Å². The highest BCUT2D eigenvalue weighted by atomic mass is 16.5. The van der Waals surface area contributed by atoms with Crippen LogP contribution in [0.5, 0.6) is 0 Å². The predicted molar refractivity (Wildman–Crippen MR) is 107 cm³/mol. The summed E-state index contributed by atoms with van der Waals surface area (Å²) < 4.78 is 4.55. The fourth-order valence-electron chi connectivity index (χ4n) is 2.65. The topological polar surface area (TPSA) is 54.5 Å². The molecular weight excluding hydrogens is 326 g/mol. The van der Waals surface area contributed by atoms with Crippen molar-refractivity contribution in [3.05, 3.63) is 48.2 Å². The largest absolute Gasteiger partial charge is 0.462 e. The highest BCUT2D eigenvalue weighted by Crippen LogP contribution is 2.37. The summed E-state index contributed by atoms with van der Waals surface area (Å²) in [4.78, 5) is 16.3. The van der Waals surface area contributed by atoms with Gasteiger partial charge in [-0.25, -0.2) is 4.98 Å². The molecule has 1 aromatic carbocycles. The van der Waals surface area contributed by atoms with Crippen molar-refractivity contribution in [2.75, 3.05) is 23.8 Å². The van der Waals surface area contributed by atoms with Crippen LogP contribution in [0.4, 0.5) is 17.2 Å². The molecule has 0 aliphatic carbocycles. The van der Waals surface area contributed by atoms with E-state index in [2.05, 4.69) is 52.0 Å². The van der Waals surface area contributed by atoms with Crippen LogP contribution < -0.4 is 10.2 Å². The molecule has 1 aliphatic heterocycles. The number of carbonyl (C=O) groups excluding carboxylic acids is 1. The number of rotatable bonds is 3. The third kappa shape index (κ3) is 4.97. The monoisotopic (exact) mass is 355 g/mol. The van der Waals surface area contributed by atoms with Crippen LogP contribution in [0.15, 0.2) is 42.6 Å². The van der Waals surface area contributed by atoms with Gasteiger partial charge >= 0.3 is 0 Å². The van der Waals surface area contributed by atoms with Crippen LogP contribution in [0.1, 0.15) is 40.2 Å². The lowest BCUT2D eigenvalue weighted by Crippen LogP contribution is -2.19. The number of para-hydroxylation sites is 1. The van der Waals surface area contributed by atoms with E-state index in [1.807, 2.05) is 52.2 Å². The van der Waals surface area contributed by atoms with Gasteiger partial charge in [-0.1, -0.05) is 32.0 Å². The molecule has 1 aliphatic rings. The molecule has 140 valence electrons. The molecule has 1 N–H and O–H groups in total. The Morgan fingerprint density at radius 1 is 1.23 bits per heavy atom. The van der Waals surface area contributed by atoms with Crippen molar-refractivity contribution in [2.45, 2.75) is 45.6 Å². The second-order valence-corrected chi connectivity index (χ2v) is 8.05. The van der Waals surface area contributed by atoms with Crippen molar-refractivity contribution in [1.29, 1.82) is 0 Å². The molecule has 5 heteroatoms. The molecule has 0 fully saturated rings. The minimum Gasteiger partial charge on any atom is -0.462 e. The van der Waals surface area contributed by atoms with Crippen LogP contribution in [-0.2, 0) is 14.9 Å². The number of nitrogens with one attached hydrogen (secondary N) is 1. The first-order valence-electron chi connectivity index (χ1n) is 8.79. The van der Waals surface area contributed by atoms with Gasteiger partial charge in [0.05, 0.1) is 0 Å². The summed E-state index contributed by atoms with van der Waals surface area (Å²) in [7, 11) is 2.05. The Bertz CT molecular complexity index is 737. The average Bonchev–Trinajstić information content (AvgIpc) is 2.89. The quantitative estimate of drug-likeness (QED) is 0.821. The lowest BCUT2D eigenvalue weighted by molar-refractivity contribution is -0.138. The zero-order chi connectivity index (χ0) is 19.4. The molecule has 0 saturated carbocycles. The SMILES string of the molecule is CC(C)(C)OC=O.CN(c1ccccc1)c1cc2c(cn1)C(C)(C)CN2. The smallest absolute Gasteiger partial charge is 0.293 e. The third-order valence-electron chi connectivity index (χ3n) is 4.23. The van der Waals surface area contributed by atoms with E-state index in [9.17, 15) is 4.79 Å². The fraction of sp³-hybridized carbons (Fsp3) is 0.429. The van der Waals surface area contributed by atoms with Gasteiger partial charge in [-0.05, 0) is 32.9 Å². The lowest BCUT2D eigenvalue weighted by Gasteiger charge is -2.20. The molecule has 2 aromatic rings. The van der Waals surface area contributed by atoms with E-state index in [1.165, 1.54) is 11.3 Å². The van der Waals surface area contributed by atoms with Crippen LogP contribution >= 0.6 is 0 Å². The number of hydrogen-bond donors (Lipinski definition) is 1. The molecule has 0 bridgehead atoms. The van der Waals surface area contributed by atoms with E-state index in [0.29, 0.717) is 6.47 Å². The van der Waals surface area contributed by atoms with Gasteiger partial charge in [-0.3, -0.25) is 4.79 Å². The van der Waals surface area contributed by atoms with E-state index in [0.717, 1.165) is 18.1 Å². The van der Waals surface area contributed by atoms with E-state index in [1.54, 1.807) is 0 Å². The minimum atomic E-state index is -0.318. The Hall–Kier alpha value is -2.56. The van der Waals surface area contributed by atoms with Gasteiger partial charge < -0.3 is 15.0 Å². The molecule has 26 heavy (non-hydrogen) atoms. The molecule has 0 spiro atoms.